The number of rotatable bonds is 4. The molecule has 2 aromatic rings. The topological polar surface area (TPSA) is 65.9 Å². The number of carbonyl (C=O) groups excluding carboxylic acids is 1. The minimum absolute atomic E-state index is 0.533. The molecule has 20 heavy (non-hydrogen) atoms. The molecule has 106 valence electrons. The lowest BCUT2D eigenvalue weighted by Crippen LogP contribution is -2.33. The lowest BCUT2D eigenvalue weighted by Gasteiger charge is -2.16. The second-order valence-corrected chi connectivity index (χ2v) is 7.18. The number of aromatic nitrogens is 2. The molecule has 0 saturated heterocycles. The van der Waals surface area contributed by atoms with Gasteiger partial charge in [-0.1, -0.05) is 18.7 Å². The van der Waals surface area contributed by atoms with Gasteiger partial charge >= 0.3 is 0 Å². The lowest BCUT2D eigenvalue weighted by atomic mass is 9.97. The van der Waals surface area contributed by atoms with E-state index >= 15 is 0 Å². The number of nitrogens with zero attached hydrogens (tertiary/aromatic N) is 2. The molecule has 1 aliphatic rings. The summed E-state index contributed by atoms with van der Waals surface area (Å²) in [6, 6.07) is 0. The fourth-order valence-corrected chi connectivity index (χ4v) is 4.86. The van der Waals surface area contributed by atoms with E-state index in [0.29, 0.717) is 6.42 Å². The van der Waals surface area contributed by atoms with Crippen LogP contribution >= 0.6 is 23.1 Å². The first-order valence-corrected chi connectivity index (χ1v) is 8.53. The first-order chi connectivity index (χ1) is 9.70. The number of carboxylic acids is 1. The van der Waals surface area contributed by atoms with Crippen molar-refractivity contribution in [2.75, 3.05) is 0 Å². The number of carboxylic acid groups (broad SMARTS) is 1. The molecule has 0 radical (unpaired) electrons. The van der Waals surface area contributed by atoms with Crippen molar-refractivity contribution in [1.82, 2.24) is 9.97 Å². The van der Waals surface area contributed by atoms with Gasteiger partial charge in [0.05, 0.1) is 11.2 Å². The molecule has 2 aromatic heterocycles. The highest BCUT2D eigenvalue weighted by atomic mass is 32.2. The normalized spacial score (nSPS) is 16.1. The number of hydrogen-bond acceptors (Lipinski definition) is 6. The predicted octanol–water partition coefficient (Wildman–Crippen LogP) is 2.19. The monoisotopic (exact) mass is 307 g/mol. The van der Waals surface area contributed by atoms with Crippen molar-refractivity contribution in [3.05, 3.63) is 16.8 Å². The van der Waals surface area contributed by atoms with E-state index in [0.717, 1.165) is 28.1 Å². The summed E-state index contributed by atoms with van der Waals surface area (Å²) < 4.78 is 0. The van der Waals surface area contributed by atoms with Crippen LogP contribution in [0.4, 0.5) is 0 Å². The van der Waals surface area contributed by atoms with E-state index in [-0.39, 0.29) is 0 Å². The van der Waals surface area contributed by atoms with Gasteiger partial charge in [0.1, 0.15) is 16.2 Å². The summed E-state index contributed by atoms with van der Waals surface area (Å²) in [7, 11) is 0. The van der Waals surface area contributed by atoms with Crippen molar-refractivity contribution in [3.63, 3.8) is 0 Å². The number of aryl methyl sites for hydroxylation is 2. The van der Waals surface area contributed by atoms with Gasteiger partial charge < -0.3 is 9.90 Å². The van der Waals surface area contributed by atoms with Crippen molar-refractivity contribution in [2.24, 2.45) is 0 Å². The number of thioether (sulfide) groups is 1. The van der Waals surface area contributed by atoms with Crippen molar-refractivity contribution in [2.45, 2.75) is 49.3 Å². The summed E-state index contributed by atoms with van der Waals surface area (Å²) in [4.78, 5) is 22.2. The highest BCUT2D eigenvalue weighted by Crippen LogP contribution is 2.40. The zero-order valence-electron chi connectivity index (χ0n) is 11.2. The largest absolute Gasteiger partial charge is 0.549 e. The van der Waals surface area contributed by atoms with Crippen LogP contribution in [0.5, 0.6) is 0 Å². The molecule has 0 aromatic carbocycles. The second-order valence-electron chi connectivity index (χ2n) is 4.90. The summed E-state index contributed by atoms with van der Waals surface area (Å²) in [6.07, 6.45) is 6.65. The molecule has 0 amide bonds. The molecule has 1 aliphatic carbocycles. The van der Waals surface area contributed by atoms with Gasteiger partial charge in [0, 0.05) is 10.3 Å². The number of aliphatic carboxylic acids is 1. The quantitative estimate of drug-likeness (QED) is 0.640. The minimum atomic E-state index is -1.02. The van der Waals surface area contributed by atoms with Crippen LogP contribution in [0, 0.1) is 0 Å². The van der Waals surface area contributed by atoms with Crippen molar-refractivity contribution in [3.8, 4) is 0 Å². The molecule has 0 bridgehead atoms. The number of carbonyl (C=O) groups is 1. The maximum Gasteiger partial charge on any atom is 0.128 e. The van der Waals surface area contributed by atoms with Crippen LogP contribution in [0.15, 0.2) is 11.4 Å². The van der Waals surface area contributed by atoms with Crippen LogP contribution in [0.25, 0.3) is 10.2 Å². The third-order valence-corrected chi connectivity index (χ3v) is 6.15. The van der Waals surface area contributed by atoms with Gasteiger partial charge in [0.25, 0.3) is 0 Å². The smallest absolute Gasteiger partial charge is 0.128 e. The third kappa shape index (κ3) is 2.42. The first kappa shape index (κ1) is 13.8. The van der Waals surface area contributed by atoms with Crippen LogP contribution in [-0.2, 0) is 17.6 Å². The van der Waals surface area contributed by atoms with E-state index in [1.807, 2.05) is 6.92 Å². The Labute approximate surface area is 125 Å². The molecule has 3 rings (SSSR count). The van der Waals surface area contributed by atoms with Gasteiger partial charge in [0.2, 0.25) is 0 Å². The van der Waals surface area contributed by atoms with Crippen LogP contribution in [-0.4, -0.2) is 21.2 Å². The van der Waals surface area contributed by atoms with Gasteiger partial charge in [-0.2, -0.15) is 0 Å². The number of hydrogen-bond donors (Lipinski definition) is 0. The summed E-state index contributed by atoms with van der Waals surface area (Å²) in [6.45, 7) is 1.86. The Morgan fingerprint density at radius 3 is 3.00 bits per heavy atom. The zero-order valence-corrected chi connectivity index (χ0v) is 12.9. The molecule has 4 nitrogen and oxygen atoms in total. The summed E-state index contributed by atoms with van der Waals surface area (Å²) in [5, 5.41) is 12.5. The molecule has 1 atom stereocenters. The van der Waals surface area contributed by atoms with Crippen molar-refractivity contribution < 1.29 is 9.90 Å². The fraction of sp³-hybridized carbons (Fsp3) is 0.500. The highest BCUT2D eigenvalue weighted by Gasteiger charge is 2.21. The summed E-state index contributed by atoms with van der Waals surface area (Å²) in [5.41, 5.74) is 1.34. The molecule has 0 aliphatic heterocycles. The van der Waals surface area contributed by atoms with E-state index in [9.17, 15) is 9.90 Å². The summed E-state index contributed by atoms with van der Waals surface area (Å²) in [5.74, 6) is -1.02. The van der Waals surface area contributed by atoms with E-state index < -0.39 is 11.2 Å². The Bertz CT molecular complexity index is 654. The van der Waals surface area contributed by atoms with Gasteiger partial charge in [-0.3, -0.25) is 0 Å². The van der Waals surface area contributed by atoms with Crippen LogP contribution in [0.2, 0.25) is 0 Å². The van der Waals surface area contributed by atoms with Gasteiger partial charge in [-0.15, -0.1) is 11.3 Å². The SMILES string of the molecule is CCC(Sc1ncnc2sc3c(c12)CCCC3)C(=O)[O-]. The molecule has 0 fully saturated rings. The summed E-state index contributed by atoms with van der Waals surface area (Å²) >= 11 is 3.03. The lowest BCUT2D eigenvalue weighted by molar-refractivity contribution is -0.304. The Morgan fingerprint density at radius 1 is 1.45 bits per heavy atom. The third-order valence-electron chi connectivity index (χ3n) is 3.60. The molecule has 0 saturated carbocycles. The average Bonchev–Trinajstić information content (AvgIpc) is 2.83. The van der Waals surface area contributed by atoms with Crippen LogP contribution < -0.4 is 5.11 Å². The molecule has 0 spiro atoms. The molecular weight excluding hydrogens is 292 g/mol. The predicted molar refractivity (Wildman–Crippen MR) is 79.0 cm³/mol. The standard InChI is InChI=1S/C14H16N2O2S2/c1-2-9(14(17)18)19-12-11-8-5-3-4-6-10(8)20-13(11)16-7-15-12/h7,9H,2-6H2,1H3,(H,17,18)/p-1. The maximum atomic E-state index is 11.1. The molecule has 2 heterocycles. The van der Waals surface area contributed by atoms with E-state index in [1.54, 1.807) is 11.3 Å². The van der Waals surface area contributed by atoms with Gasteiger partial charge in [0.15, 0.2) is 0 Å². The maximum absolute atomic E-state index is 11.1. The average molecular weight is 307 g/mol. The first-order valence-electron chi connectivity index (χ1n) is 6.83. The Balaban J connectivity index is 2.06. The van der Waals surface area contributed by atoms with Gasteiger partial charge in [-0.05, 0) is 37.7 Å². The van der Waals surface area contributed by atoms with Crippen molar-refractivity contribution >= 4 is 39.3 Å². The Morgan fingerprint density at radius 2 is 2.25 bits per heavy atom. The van der Waals surface area contributed by atoms with E-state index in [4.69, 9.17) is 0 Å². The van der Waals surface area contributed by atoms with E-state index in [2.05, 4.69) is 9.97 Å². The second kappa shape index (κ2) is 5.69. The van der Waals surface area contributed by atoms with Crippen LogP contribution in [0.1, 0.15) is 36.6 Å². The molecular formula is C14H15N2O2S2-. The molecule has 0 N–H and O–H groups in total. The van der Waals surface area contributed by atoms with Gasteiger partial charge in [-0.25, -0.2) is 9.97 Å². The fourth-order valence-electron chi connectivity index (χ4n) is 2.58. The molecule has 1 unspecified atom stereocenters. The van der Waals surface area contributed by atoms with Crippen molar-refractivity contribution in [1.29, 1.82) is 0 Å². The Kier molecular flexibility index (Phi) is 3.94. The number of fused-ring (bicyclic) bond motifs is 3. The zero-order chi connectivity index (χ0) is 14.1. The van der Waals surface area contributed by atoms with Crippen LogP contribution in [0.3, 0.4) is 0 Å². The number of thiophene rings is 1. The minimum Gasteiger partial charge on any atom is -0.549 e. The molecule has 6 heteroatoms. The highest BCUT2D eigenvalue weighted by molar-refractivity contribution is 8.00. The Hall–Kier alpha value is -1.14. The van der Waals surface area contributed by atoms with E-state index in [1.165, 1.54) is 41.4 Å².